The summed E-state index contributed by atoms with van der Waals surface area (Å²) in [5.41, 5.74) is 2.36. The van der Waals surface area contributed by atoms with Crippen LogP contribution in [0.1, 0.15) is 17.5 Å². The van der Waals surface area contributed by atoms with Gasteiger partial charge in [-0.1, -0.05) is 17.7 Å². The molecule has 0 atom stereocenters. The molecule has 0 spiro atoms. The number of aromatic hydroxyl groups is 1. The minimum atomic E-state index is -3.74. The van der Waals surface area contributed by atoms with E-state index >= 15 is 0 Å². The topological polar surface area (TPSA) is 66.4 Å². The van der Waals surface area contributed by atoms with Crippen molar-refractivity contribution in [1.29, 1.82) is 0 Å². The number of nitrogens with one attached hydrogen (secondary N) is 1. The Balaban J connectivity index is 1.95. The lowest BCUT2D eigenvalue weighted by molar-refractivity contribution is 0.477. The van der Waals surface area contributed by atoms with Crippen LogP contribution in [0.25, 0.3) is 0 Å². The van der Waals surface area contributed by atoms with Gasteiger partial charge in [-0.25, -0.2) is 8.42 Å². The Morgan fingerprint density at radius 2 is 1.81 bits per heavy atom. The summed E-state index contributed by atoms with van der Waals surface area (Å²) in [6, 6.07) is 9.36. The molecule has 21 heavy (non-hydrogen) atoms. The van der Waals surface area contributed by atoms with Crippen LogP contribution in [0, 0.1) is 0 Å². The molecule has 110 valence electrons. The molecule has 0 bridgehead atoms. The molecular formula is C15H14ClNO3S. The maximum atomic E-state index is 12.4. The quantitative estimate of drug-likeness (QED) is 0.851. The van der Waals surface area contributed by atoms with Crippen molar-refractivity contribution in [3.05, 3.63) is 52.5 Å². The summed E-state index contributed by atoms with van der Waals surface area (Å²) >= 11 is 5.82. The van der Waals surface area contributed by atoms with Crippen molar-refractivity contribution in [3.63, 3.8) is 0 Å². The number of hydrogen-bond donors (Lipinski definition) is 2. The van der Waals surface area contributed by atoms with Gasteiger partial charge in [0.05, 0.1) is 10.6 Å². The van der Waals surface area contributed by atoms with E-state index in [4.69, 9.17) is 11.6 Å². The van der Waals surface area contributed by atoms with Crippen molar-refractivity contribution in [1.82, 2.24) is 0 Å². The Morgan fingerprint density at radius 1 is 1.05 bits per heavy atom. The molecule has 0 radical (unpaired) electrons. The third-order valence-electron chi connectivity index (χ3n) is 3.58. The second kappa shape index (κ2) is 5.24. The number of hydrogen-bond acceptors (Lipinski definition) is 3. The average molecular weight is 324 g/mol. The highest BCUT2D eigenvalue weighted by Crippen LogP contribution is 2.30. The number of anilines is 1. The van der Waals surface area contributed by atoms with Gasteiger partial charge < -0.3 is 5.11 Å². The van der Waals surface area contributed by atoms with Gasteiger partial charge in [-0.15, -0.1) is 0 Å². The first-order chi connectivity index (χ1) is 9.95. The zero-order chi connectivity index (χ0) is 15.0. The molecule has 4 nitrogen and oxygen atoms in total. The Bertz CT molecular complexity index is 803. The summed E-state index contributed by atoms with van der Waals surface area (Å²) in [5, 5.41) is 10.1. The van der Waals surface area contributed by atoms with Crippen molar-refractivity contribution in [2.24, 2.45) is 0 Å². The molecule has 1 aliphatic rings. The number of fused-ring (bicyclic) bond motifs is 1. The molecule has 0 aliphatic heterocycles. The van der Waals surface area contributed by atoms with Crippen LogP contribution >= 0.6 is 11.6 Å². The highest BCUT2D eigenvalue weighted by molar-refractivity contribution is 7.92. The van der Waals surface area contributed by atoms with E-state index in [1.54, 1.807) is 12.1 Å². The van der Waals surface area contributed by atoms with Gasteiger partial charge in [0.25, 0.3) is 10.0 Å². The number of halogens is 1. The van der Waals surface area contributed by atoms with Crippen LogP contribution in [-0.2, 0) is 22.9 Å². The molecule has 3 rings (SSSR count). The van der Waals surface area contributed by atoms with Gasteiger partial charge >= 0.3 is 0 Å². The fraction of sp³-hybridized carbons (Fsp3) is 0.200. The Hall–Kier alpha value is -1.72. The summed E-state index contributed by atoms with van der Waals surface area (Å²) in [6.07, 6.45) is 2.96. The second-order valence-corrected chi connectivity index (χ2v) is 7.17. The maximum absolute atomic E-state index is 12.4. The minimum Gasteiger partial charge on any atom is -0.506 e. The van der Waals surface area contributed by atoms with Gasteiger partial charge in [-0.05, 0) is 60.7 Å². The van der Waals surface area contributed by atoms with E-state index in [0.717, 1.165) is 24.8 Å². The fourth-order valence-corrected chi connectivity index (χ4v) is 3.80. The lowest BCUT2D eigenvalue weighted by atomic mass is 10.1. The summed E-state index contributed by atoms with van der Waals surface area (Å²) in [7, 11) is -3.74. The third-order valence-corrected chi connectivity index (χ3v) is 5.18. The number of aryl methyl sites for hydroxylation is 2. The van der Waals surface area contributed by atoms with Crippen LogP contribution in [0.2, 0.25) is 5.02 Å². The summed E-state index contributed by atoms with van der Waals surface area (Å²) in [6.45, 7) is 0. The summed E-state index contributed by atoms with van der Waals surface area (Å²) in [5.74, 6) is -0.163. The molecule has 1 aliphatic carbocycles. The molecule has 0 saturated heterocycles. The van der Waals surface area contributed by atoms with E-state index in [2.05, 4.69) is 4.72 Å². The van der Waals surface area contributed by atoms with E-state index in [9.17, 15) is 13.5 Å². The molecule has 0 fully saturated rings. The first-order valence-electron chi connectivity index (χ1n) is 6.59. The molecule has 0 heterocycles. The monoisotopic (exact) mass is 323 g/mol. The van der Waals surface area contributed by atoms with E-state index < -0.39 is 10.0 Å². The highest BCUT2D eigenvalue weighted by atomic mass is 35.5. The number of sulfonamides is 1. The van der Waals surface area contributed by atoms with Gasteiger partial charge in [0.2, 0.25) is 0 Å². The van der Waals surface area contributed by atoms with E-state index in [1.165, 1.54) is 23.8 Å². The highest BCUT2D eigenvalue weighted by Gasteiger charge is 2.19. The van der Waals surface area contributed by atoms with Crippen LogP contribution in [0.15, 0.2) is 41.3 Å². The van der Waals surface area contributed by atoms with Crippen molar-refractivity contribution in [2.75, 3.05) is 4.72 Å². The standard InChI is InChI=1S/C15H14ClNO3S/c16-12-5-7-15(18)14(9-12)17-21(19,20)13-6-4-10-2-1-3-11(10)8-13/h4-9,17-18H,1-3H2. The molecule has 2 N–H and O–H groups in total. The Labute approximate surface area is 128 Å². The van der Waals surface area contributed by atoms with E-state index in [-0.39, 0.29) is 16.3 Å². The SMILES string of the molecule is O=S(=O)(Nc1cc(Cl)ccc1O)c1ccc2c(c1)CCC2. The molecule has 0 amide bonds. The van der Waals surface area contributed by atoms with Crippen molar-refractivity contribution < 1.29 is 13.5 Å². The van der Waals surface area contributed by atoms with Crippen molar-refractivity contribution in [3.8, 4) is 5.75 Å². The number of phenolic OH excluding ortho intramolecular Hbond substituents is 1. The van der Waals surface area contributed by atoms with Crippen LogP contribution in [0.5, 0.6) is 5.75 Å². The fourth-order valence-electron chi connectivity index (χ4n) is 2.51. The zero-order valence-corrected chi connectivity index (χ0v) is 12.7. The molecular weight excluding hydrogens is 310 g/mol. The lowest BCUT2D eigenvalue weighted by Crippen LogP contribution is -2.13. The molecule has 2 aromatic rings. The first-order valence-corrected chi connectivity index (χ1v) is 8.45. The smallest absolute Gasteiger partial charge is 0.262 e. The zero-order valence-electron chi connectivity index (χ0n) is 11.1. The Kier molecular flexibility index (Phi) is 3.55. The van der Waals surface area contributed by atoms with Gasteiger partial charge in [0.1, 0.15) is 5.75 Å². The summed E-state index contributed by atoms with van der Waals surface area (Å²) in [4.78, 5) is 0.197. The molecule has 2 aromatic carbocycles. The number of benzene rings is 2. The first kappa shape index (κ1) is 14.2. The van der Waals surface area contributed by atoms with Gasteiger partial charge in [-0.2, -0.15) is 0 Å². The summed E-state index contributed by atoms with van der Waals surface area (Å²) < 4.78 is 27.2. The average Bonchev–Trinajstić information content (AvgIpc) is 2.90. The van der Waals surface area contributed by atoms with Crippen molar-refractivity contribution >= 4 is 27.3 Å². The normalized spacial score (nSPS) is 14.0. The predicted octanol–water partition coefficient (Wildman–Crippen LogP) is 3.34. The second-order valence-electron chi connectivity index (χ2n) is 5.05. The number of rotatable bonds is 3. The van der Waals surface area contributed by atoms with Crippen LogP contribution in [-0.4, -0.2) is 13.5 Å². The van der Waals surface area contributed by atoms with Crippen LogP contribution in [0.3, 0.4) is 0 Å². The van der Waals surface area contributed by atoms with E-state index in [0.29, 0.717) is 5.02 Å². The third kappa shape index (κ3) is 2.84. The largest absolute Gasteiger partial charge is 0.506 e. The van der Waals surface area contributed by atoms with Gasteiger partial charge in [0.15, 0.2) is 0 Å². The lowest BCUT2D eigenvalue weighted by Gasteiger charge is -2.11. The molecule has 0 saturated carbocycles. The van der Waals surface area contributed by atoms with Crippen molar-refractivity contribution in [2.45, 2.75) is 24.2 Å². The molecule has 0 aromatic heterocycles. The maximum Gasteiger partial charge on any atom is 0.262 e. The van der Waals surface area contributed by atoms with Crippen LogP contribution in [0.4, 0.5) is 5.69 Å². The van der Waals surface area contributed by atoms with Gasteiger partial charge in [-0.3, -0.25) is 4.72 Å². The molecule has 6 heteroatoms. The number of phenols is 1. The Morgan fingerprint density at radius 3 is 2.62 bits per heavy atom. The predicted molar refractivity (Wildman–Crippen MR) is 82.4 cm³/mol. The van der Waals surface area contributed by atoms with Crippen LogP contribution < -0.4 is 4.72 Å². The van der Waals surface area contributed by atoms with Gasteiger partial charge in [0, 0.05) is 5.02 Å². The molecule has 0 unspecified atom stereocenters. The minimum absolute atomic E-state index is 0.0722. The van der Waals surface area contributed by atoms with E-state index in [1.807, 2.05) is 6.07 Å².